The van der Waals surface area contributed by atoms with Crippen molar-refractivity contribution in [2.75, 3.05) is 24.6 Å². The molecular weight excluding hydrogens is 332 g/mol. The van der Waals surface area contributed by atoms with Crippen molar-refractivity contribution in [2.24, 2.45) is 11.7 Å². The molecule has 6 heteroatoms. The molecule has 1 atom stereocenters. The van der Waals surface area contributed by atoms with E-state index in [-0.39, 0.29) is 17.2 Å². The molecule has 23 heavy (non-hydrogen) atoms. The van der Waals surface area contributed by atoms with Crippen LogP contribution in [0.15, 0.2) is 24.3 Å². The molecule has 2 rings (SSSR count). The summed E-state index contributed by atoms with van der Waals surface area (Å²) in [6.07, 6.45) is 0.948. The van der Waals surface area contributed by atoms with E-state index in [0.29, 0.717) is 34.6 Å². The number of hydrogen-bond acceptors (Lipinski definition) is 4. The Morgan fingerprint density at radius 3 is 2.52 bits per heavy atom. The molecule has 1 aromatic carbocycles. The van der Waals surface area contributed by atoms with Gasteiger partial charge in [0.2, 0.25) is 5.91 Å². The minimum atomic E-state index is -0.202. The lowest BCUT2D eigenvalue weighted by Crippen LogP contribution is -2.48. The number of benzene rings is 1. The van der Waals surface area contributed by atoms with Gasteiger partial charge in [-0.25, -0.2) is 0 Å². The second kappa shape index (κ2) is 7.69. The second-order valence-corrected chi connectivity index (χ2v) is 7.77. The number of rotatable bonds is 6. The highest BCUT2D eigenvalue weighted by Gasteiger charge is 2.42. The van der Waals surface area contributed by atoms with Crippen molar-refractivity contribution in [3.8, 4) is 0 Å². The topological polar surface area (TPSA) is 63.4 Å². The largest absolute Gasteiger partial charge is 0.337 e. The maximum Gasteiger partial charge on any atom is 0.233 e. The predicted molar refractivity (Wildman–Crippen MR) is 96.1 cm³/mol. The summed E-state index contributed by atoms with van der Waals surface area (Å²) in [6.45, 7) is 5.48. The molecule has 1 saturated heterocycles. The number of Topliss-reactive ketones (excluding diaryl/α,β-unsaturated/α-hetero) is 1. The third kappa shape index (κ3) is 4.28. The van der Waals surface area contributed by atoms with Crippen LogP contribution >= 0.6 is 23.4 Å². The van der Waals surface area contributed by atoms with E-state index in [9.17, 15) is 9.59 Å². The van der Waals surface area contributed by atoms with Crippen molar-refractivity contribution in [2.45, 2.75) is 25.8 Å². The number of carbonyl (C=O) groups excluding carboxylic acids is 2. The van der Waals surface area contributed by atoms with Crippen LogP contribution in [0.3, 0.4) is 0 Å². The van der Waals surface area contributed by atoms with Gasteiger partial charge in [0.25, 0.3) is 0 Å². The third-order valence-corrected chi connectivity index (χ3v) is 5.78. The molecule has 1 aromatic rings. The molecule has 0 radical (unpaired) electrons. The number of nitrogens with two attached hydrogens (primary N) is 1. The van der Waals surface area contributed by atoms with Gasteiger partial charge in [0.1, 0.15) is 0 Å². The minimum Gasteiger partial charge on any atom is -0.337 e. The third-order valence-electron chi connectivity index (χ3n) is 4.61. The number of carbonyl (C=O) groups is 2. The van der Waals surface area contributed by atoms with E-state index < -0.39 is 0 Å². The molecule has 0 bridgehead atoms. The quantitative estimate of drug-likeness (QED) is 0.798. The number of likely N-dealkylation sites (tertiary alicyclic amines) is 1. The summed E-state index contributed by atoms with van der Waals surface area (Å²) in [5, 5.41) is 0.607. The lowest BCUT2D eigenvalue weighted by molar-refractivity contribution is -0.132. The first kappa shape index (κ1) is 18.3. The number of ketones is 1. The number of halogens is 1. The second-order valence-electron chi connectivity index (χ2n) is 6.34. The van der Waals surface area contributed by atoms with E-state index >= 15 is 0 Å². The predicted octanol–water partition coefficient (Wildman–Crippen LogP) is 2.84. The van der Waals surface area contributed by atoms with Gasteiger partial charge in [0, 0.05) is 22.7 Å². The monoisotopic (exact) mass is 354 g/mol. The van der Waals surface area contributed by atoms with Crippen LogP contribution in [-0.2, 0) is 4.79 Å². The Morgan fingerprint density at radius 1 is 1.30 bits per heavy atom. The Kier molecular flexibility index (Phi) is 6.12. The molecule has 0 saturated carbocycles. The molecule has 4 nitrogen and oxygen atoms in total. The van der Waals surface area contributed by atoms with Gasteiger partial charge >= 0.3 is 0 Å². The Balaban J connectivity index is 1.83. The smallest absolute Gasteiger partial charge is 0.233 e. The van der Waals surface area contributed by atoms with Crippen LogP contribution in [0.4, 0.5) is 0 Å². The zero-order valence-electron chi connectivity index (χ0n) is 13.5. The van der Waals surface area contributed by atoms with Crippen molar-refractivity contribution in [1.82, 2.24) is 4.90 Å². The molecule has 1 aliphatic heterocycles. The summed E-state index contributed by atoms with van der Waals surface area (Å²) in [5.41, 5.74) is 6.21. The molecule has 2 N–H and O–H groups in total. The molecule has 0 aromatic heterocycles. The van der Waals surface area contributed by atoms with Crippen LogP contribution in [0.1, 0.15) is 30.6 Å². The van der Waals surface area contributed by atoms with E-state index in [4.69, 9.17) is 17.3 Å². The fraction of sp³-hybridized carbons (Fsp3) is 0.529. The van der Waals surface area contributed by atoms with E-state index in [2.05, 4.69) is 13.8 Å². The van der Waals surface area contributed by atoms with E-state index in [1.54, 1.807) is 24.3 Å². The number of amides is 1. The fourth-order valence-electron chi connectivity index (χ4n) is 3.03. The van der Waals surface area contributed by atoms with Crippen molar-refractivity contribution in [3.63, 3.8) is 0 Å². The lowest BCUT2D eigenvalue weighted by Gasteiger charge is -2.35. The first-order valence-electron chi connectivity index (χ1n) is 7.73. The number of thioether (sulfide) groups is 1. The highest BCUT2D eigenvalue weighted by molar-refractivity contribution is 8.00. The van der Waals surface area contributed by atoms with Crippen LogP contribution in [0.5, 0.6) is 0 Å². The summed E-state index contributed by atoms with van der Waals surface area (Å²) in [7, 11) is 0. The average molecular weight is 355 g/mol. The minimum absolute atomic E-state index is 0.0139. The van der Waals surface area contributed by atoms with Gasteiger partial charge in [-0.2, -0.15) is 0 Å². The van der Waals surface area contributed by atoms with Gasteiger partial charge in [0.15, 0.2) is 5.78 Å². The maximum absolute atomic E-state index is 12.4. The standard InChI is InChI=1S/C17H23ClN2O2S/c1-17(2)13(9-19)7-8-20(17)16(22)11-23-10-15(21)12-3-5-14(18)6-4-12/h3-6,13H,7-11,19H2,1-2H3. The van der Waals surface area contributed by atoms with Crippen LogP contribution in [0, 0.1) is 5.92 Å². The number of hydrogen-bond donors (Lipinski definition) is 1. The van der Waals surface area contributed by atoms with Crippen LogP contribution in [0.2, 0.25) is 5.02 Å². The maximum atomic E-state index is 12.4. The lowest BCUT2D eigenvalue weighted by atomic mass is 9.88. The van der Waals surface area contributed by atoms with Crippen molar-refractivity contribution in [3.05, 3.63) is 34.9 Å². The Labute approximate surface area is 146 Å². The highest BCUT2D eigenvalue weighted by Crippen LogP contribution is 2.34. The fourth-order valence-corrected chi connectivity index (χ4v) is 3.94. The molecule has 126 valence electrons. The molecule has 1 unspecified atom stereocenters. The van der Waals surface area contributed by atoms with Crippen molar-refractivity contribution in [1.29, 1.82) is 0 Å². The molecule has 0 aliphatic carbocycles. The van der Waals surface area contributed by atoms with Crippen LogP contribution in [-0.4, -0.2) is 46.7 Å². The molecule has 1 fully saturated rings. The van der Waals surface area contributed by atoms with Crippen molar-refractivity contribution >= 4 is 35.1 Å². The Morgan fingerprint density at radius 2 is 1.96 bits per heavy atom. The molecule has 0 spiro atoms. The Bertz CT molecular complexity index is 574. The van der Waals surface area contributed by atoms with Gasteiger partial charge in [0.05, 0.1) is 11.5 Å². The first-order valence-corrected chi connectivity index (χ1v) is 9.26. The first-order chi connectivity index (χ1) is 10.9. The summed E-state index contributed by atoms with van der Waals surface area (Å²) in [6, 6.07) is 6.82. The van der Waals surface area contributed by atoms with E-state index in [1.165, 1.54) is 11.8 Å². The normalized spacial score (nSPS) is 19.8. The van der Waals surface area contributed by atoms with Crippen molar-refractivity contribution < 1.29 is 9.59 Å². The van der Waals surface area contributed by atoms with Crippen LogP contribution < -0.4 is 5.73 Å². The Hall–Kier alpha value is -1.04. The van der Waals surface area contributed by atoms with Gasteiger partial charge in [-0.05, 0) is 57.0 Å². The number of nitrogens with zero attached hydrogens (tertiary/aromatic N) is 1. The summed E-state index contributed by atoms with van der Waals surface area (Å²) >= 11 is 7.17. The molecule has 1 amide bonds. The van der Waals surface area contributed by atoms with Gasteiger partial charge in [-0.1, -0.05) is 11.6 Å². The highest BCUT2D eigenvalue weighted by atomic mass is 35.5. The zero-order chi connectivity index (χ0) is 17.0. The van der Waals surface area contributed by atoms with E-state index in [0.717, 1.165) is 13.0 Å². The van der Waals surface area contributed by atoms with Crippen LogP contribution in [0.25, 0.3) is 0 Å². The molecule has 1 aliphatic rings. The summed E-state index contributed by atoms with van der Waals surface area (Å²) < 4.78 is 0. The van der Waals surface area contributed by atoms with Gasteiger partial charge in [-0.3, -0.25) is 9.59 Å². The zero-order valence-corrected chi connectivity index (χ0v) is 15.1. The average Bonchev–Trinajstić information content (AvgIpc) is 2.82. The summed E-state index contributed by atoms with van der Waals surface area (Å²) in [5.74, 6) is 1.05. The SMILES string of the molecule is CC1(C)C(CN)CCN1C(=O)CSCC(=O)c1ccc(Cl)cc1. The van der Waals surface area contributed by atoms with Gasteiger partial charge in [-0.15, -0.1) is 11.8 Å². The van der Waals surface area contributed by atoms with E-state index in [1.807, 2.05) is 4.90 Å². The summed E-state index contributed by atoms with van der Waals surface area (Å²) in [4.78, 5) is 26.4. The molecule has 1 heterocycles. The van der Waals surface area contributed by atoms with Gasteiger partial charge < -0.3 is 10.6 Å². The molecular formula is C17H23ClN2O2S.